The van der Waals surface area contributed by atoms with Gasteiger partial charge in [0.05, 0.1) is 19.7 Å². The average molecular weight is 321 g/mol. The number of rotatable bonds is 5. The highest BCUT2D eigenvalue weighted by molar-refractivity contribution is 5.69. The lowest BCUT2D eigenvalue weighted by molar-refractivity contribution is -0.147. The van der Waals surface area contributed by atoms with Gasteiger partial charge < -0.3 is 14.4 Å². The van der Waals surface area contributed by atoms with Gasteiger partial charge in [0, 0.05) is 12.0 Å². The van der Waals surface area contributed by atoms with Crippen LogP contribution in [0.1, 0.15) is 27.2 Å². The van der Waals surface area contributed by atoms with Crippen molar-refractivity contribution in [3.8, 4) is 0 Å². The summed E-state index contributed by atoms with van der Waals surface area (Å²) >= 11 is 0. The number of carbonyl (C=O) groups is 1. The van der Waals surface area contributed by atoms with Gasteiger partial charge in [0.15, 0.2) is 0 Å². The molecule has 1 aliphatic rings. The minimum atomic E-state index is -4.48. The highest BCUT2D eigenvalue weighted by Gasteiger charge is 2.50. The zero-order valence-corrected chi connectivity index (χ0v) is 13.1. The molecular formula is C15H22F3NO3. The smallest absolute Gasteiger partial charge is 0.412 e. The van der Waals surface area contributed by atoms with Crippen LogP contribution in [0.2, 0.25) is 0 Å². The van der Waals surface area contributed by atoms with Gasteiger partial charge >= 0.3 is 12.3 Å². The van der Waals surface area contributed by atoms with Crippen LogP contribution in [-0.2, 0) is 9.47 Å². The van der Waals surface area contributed by atoms with E-state index in [2.05, 4.69) is 13.2 Å². The fourth-order valence-electron chi connectivity index (χ4n) is 2.08. The van der Waals surface area contributed by atoms with Crippen molar-refractivity contribution in [2.45, 2.75) is 44.6 Å². The van der Waals surface area contributed by atoms with E-state index in [0.29, 0.717) is 0 Å². The molecule has 0 aliphatic carbocycles. The van der Waals surface area contributed by atoms with Crippen LogP contribution in [0.3, 0.4) is 0 Å². The number of carbonyl (C=O) groups excluding carboxylic acids is 1. The summed E-state index contributed by atoms with van der Waals surface area (Å²) in [4.78, 5) is 13.2. The fourth-order valence-corrected chi connectivity index (χ4v) is 2.08. The van der Waals surface area contributed by atoms with Crippen molar-refractivity contribution in [1.29, 1.82) is 0 Å². The Kier molecular flexibility index (Phi) is 5.33. The van der Waals surface area contributed by atoms with Crippen LogP contribution >= 0.6 is 0 Å². The number of hydrogen-bond donors (Lipinski definition) is 0. The molecule has 1 saturated heterocycles. The third-order valence-corrected chi connectivity index (χ3v) is 3.05. The van der Waals surface area contributed by atoms with Gasteiger partial charge in [-0.05, 0) is 20.8 Å². The zero-order chi connectivity index (χ0) is 17.2. The largest absolute Gasteiger partial charge is 0.444 e. The van der Waals surface area contributed by atoms with E-state index in [1.807, 2.05) is 0 Å². The summed E-state index contributed by atoms with van der Waals surface area (Å²) in [5.41, 5.74) is -2.62. The Labute approximate surface area is 128 Å². The normalized spacial score (nSPS) is 17.6. The predicted molar refractivity (Wildman–Crippen MR) is 76.5 cm³/mol. The topological polar surface area (TPSA) is 38.8 Å². The molecule has 4 nitrogen and oxygen atoms in total. The molecule has 0 N–H and O–H groups in total. The Morgan fingerprint density at radius 2 is 1.86 bits per heavy atom. The molecule has 22 heavy (non-hydrogen) atoms. The van der Waals surface area contributed by atoms with Crippen LogP contribution in [0.5, 0.6) is 0 Å². The highest BCUT2D eigenvalue weighted by atomic mass is 19.4. The standard InChI is InChI=1S/C15H22F3NO3/c1-6-7-21-14(8-11(2)15(16,17)18)9-19(10-14)12(20)22-13(3,4)5/h6H,1-2,7-10H2,3-5H3. The Morgan fingerprint density at radius 3 is 2.27 bits per heavy atom. The van der Waals surface area contributed by atoms with Crippen LogP contribution in [0.4, 0.5) is 18.0 Å². The van der Waals surface area contributed by atoms with Crippen molar-refractivity contribution in [3.63, 3.8) is 0 Å². The first-order valence-corrected chi connectivity index (χ1v) is 6.86. The van der Waals surface area contributed by atoms with Gasteiger partial charge in [0.2, 0.25) is 0 Å². The summed E-state index contributed by atoms with van der Waals surface area (Å²) in [6.07, 6.45) is -3.97. The Bertz CT molecular complexity index is 446. The summed E-state index contributed by atoms with van der Waals surface area (Å²) in [5.74, 6) is 0. The predicted octanol–water partition coefficient (Wildman–Crippen LogP) is 3.69. The zero-order valence-electron chi connectivity index (χ0n) is 13.1. The summed E-state index contributed by atoms with van der Waals surface area (Å²) in [6.45, 7) is 11.9. The number of alkyl halides is 3. The third kappa shape index (κ3) is 5.05. The lowest BCUT2D eigenvalue weighted by atomic mass is 9.87. The molecule has 0 bridgehead atoms. The maximum atomic E-state index is 12.7. The van der Waals surface area contributed by atoms with E-state index in [0.717, 1.165) is 0 Å². The van der Waals surface area contributed by atoms with Crippen LogP contribution in [0, 0.1) is 0 Å². The quantitative estimate of drug-likeness (QED) is 0.725. The molecule has 1 heterocycles. The molecule has 0 aromatic heterocycles. The van der Waals surface area contributed by atoms with Crippen molar-refractivity contribution >= 4 is 6.09 Å². The third-order valence-electron chi connectivity index (χ3n) is 3.05. The van der Waals surface area contributed by atoms with Crippen LogP contribution in [0.25, 0.3) is 0 Å². The summed E-state index contributed by atoms with van der Waals surface area (Å²) in [6, 6.07) is 0. The molecule has 0 radical (unpaired) electrons. The van der Waals surface area contributed by atoms with Gasteiger partial charge in [-0.2, -0.15) is 13.2 Å². The number of likely N-dealkylation sites (tertiary alicyclic amines) is 1. The fraction of sp³-hybridized carbons (Fsp3) is 0.667. The van der Waals surface area contributed by atoms with E-state index >= 15 is 0 Å². The molecule has 1 aliphatic heterocycles. The SMILES string of the molecule is C=CCOC1(CC(=C)C(F)(F)F)CN(C(=O)OC(C)(C)C)C1. The number of amides is 1. The first-order valence-electron chi connectivity index (χ1n) is 6.86. The minimum Gasteiger partial charge on any atom is -0.444 e. The summed E-state index contributed by atoms with van der Waals surface area (Å²) < 4.78 is 48.6. The molecule has 0 atom stereocenters. The number of halogens is 3. The van der Waals surface area contributed by atoms with Crippen molar-refractivity contribution < 1.29 is 27.4 Å². The number of nitrogens with zero attached hydrogens (tertiary/aromatic N) is 1. The van der Waals surface area contributed by atoms with E-state index in [-0.39, 0.29) is 26.1 Å². The average Bonchev–Trinajstić information content (AvgIpc) is 2.27. The van der Waals surface area contributed by atoms with E-state index in [1.165, 1.54) is 11.0 Å². The summed E-state index contributed by atoms with van der Waals surface area (Å²) in [5, 5.41) is 0. The Hall–Kier alpha value is -1.50. The molecule has 0 aromatic carbocycles. The number of hydrogen-bond acceptors (Lipinski definition) is 3. The first kappa shape index (κ1) is 18.5. The lowest BCUT2D eigenvalue weighted by Gasteiger charge is -2.49. The molecule has 1 fully saturated rings. The number of ether oxygens (including phenoxy) is 2. The molecule has 0 unspecified atom stereocenters. The molecule has 0 spiro atoms. The second-order valence-corrected chi connectivity index (χ2v) is 6.40. The lowest BCUT2D eigenvalue weighted by Crippen LogP contribution is -2.65. The van der Waals surface area contributed by atoms with Crippen molar-refractivity contribution in [3.05, 3.63) is 24.8 Å². The van der Waals surface area contributed by atoms with E-state index in [9.17, 15) is 18.0 Å². The van der Waals surface area contributed by atoms with E-state index < -0.39 is 29.0 Å². The maximum absolute atomic E-state index is 12.7. The second-order valence-electron chi connectivity index (χ2n) is 6.40. The minimum absolute atomic E-state index is 0.0326. The maximum Gasteiger partial charge on any atom is 0.412 e. The van der Waals surface area contributed by atoms with Crippen LogP contribution < -0.4 is 0 Å². The van der Waals surface area contributed by atoms with Crippen molar-refractivity contribution in [2.75, 3.05) is 19.7 Å². The van der Waals surface area contributed by atoms with Crippen LogP contribution in [-0.4, -0.2) is 48.1 Å². The van der Waals surface area contributed by atoms with Gasteiger partial charge in [-0.15, -0.1) is 6.58 Å². The van der Waals surface area contributed by atoms with Gasteiger partial charge in [-0.25, -0.2) is 4.79 Å². The van der Waals surface area contributed by atoms with E-state index in [1.54, 1.807) is 20.8 Å². The highest BCUT2D eigenvalue weighted by Crippen LogP contribution is 2.37. The van der Waals surface area contributed by atoms with Gasteiger partial charge in [-0.1, -0.05) is 12.7 Å². The van der Waals surface area contributed by atoms with Crippen LogP contribution in [0.15, 0.2) is 24.8 Å². The van der Waals surface area contributed by atoms with Crippen molar-refractivity contribution in [2.24, 2.45) is 0 Å². The summed E-state index contributed by atoms with van der Waals surface area (Å²) in [7, 11) is 0. The monoisotopic (exact) mass is 321 g/mol. The van der Waals surface area contributed by atoms with Crippen molar-refractivity contribution in [1.82, 2.24) is 4.90 Å². The van der Waals surface area contributed by atoms with Gasteiger partial charge in [-0.3, -0.25) is 0 Å². The second kappa shape index (κ2) is 6.32. The molecule has 0 saturated carbocycles. The molecule has 7 heteroatoms. The molecule has 1 rings (SSSR count). The molecule has 126 valence electrons. The van der Waals surface area contributed by atoms with E-state index in [4.69, 9.17) is 9.47 Å². The first-order chi connectivity index (χ1) is 9.88. The molecular weight excluding hydrogens is 299 g/mol. The van der Waals surface area contributed by atoms with Gasteiger partial charge in [0.1, 0.15) is 11.2 Å². The Balaban J connectivity index is 2.69. The molecule has 1 amide bonds. The molecule has 0 aromatic rings. The van der Waals surface area contributed by atoms with Gasteiger partial charge in [0.25, 0.3) is 0 Å². The Morgan fingerprint density at radius 1 is 1.32 bits per heavy atom.